The predicted octanol–water partition coefficient (Wildman–Crippen LogP) is 20.9. The Morgan fingerprint density at radius 3 is 0.988 bits per heavy atom. The normalized spacial score (nSPS) is 11.3. The Labute approximate surface area is 491 Å². The third-order valence-corrected chi connectivity index (χ3v) is 16.9. The summed E-state index contributed by atoms with van der Waals surface area (Å²) in [5, 5.41) is 7.28. The molecule has 0 fully saturated rings. The molecule has 0 atom stereocenters. The zero-order valence-electron chi connectivity index (χ0n) is 46.7. The van der Waals surface area contributed by atoms with Crippen molar-refractivity contribution in [3.8, 4) is 78.5 Å². The third kappa shape index (κ3) is 9.36. The van der Waals surface area contributed by atoms with E-state index >= 15 is 0 Å². The molecule has 16 rings (SSSR count). The van der Waals surface area contributed by atoms with Gasteiger partial charge < -0.3 is 9.13 Å². The summed E-state index contributed by atoms with van der Waals surface area (Å²) in [6.07, 6.45) is 7.39. The van der Waals surface area contributed by atoms with Crippen molar-refractivity contribution in [3.05, 3.63) is 291 Å². The number of hydrogen-bond acceptors (Lipinski definition) is 5. The molecule has 0 aliphatic carbocycles. The van der Waals surface area contributed by atoms with E-state index in [-0.39, 0.29) is 0 Å². The number of nitrogens with zero attached hydrogens (tertiary/aromatic N) is 6. The molecule has 7 heteroatoms. The fourth-order valence-corrected chi connectivity index (χ4v) is 13.0. The molecule has 0 spiro atoms. The van der Waals surface area contributed by atoms with E-state index in [4.69, 9.17) is 15.0 Å². The van der Waals surface area contributed by atoms with Crippen LogP contribution in [0.15, 0.2) is 286 Å². The van der Waals surface area contributed by atoms with Gasteiger partial charge in [0, 0.05) is 100 Å². The summed E-state index contributed by atoms with van der Waals surface area (Å²) >= 11 is 1.85. The van der Waals surface area contributed by atoms with Crippen LogP contribution in [0.4, 0.5) is 0 Å². The number of pyridine rings is 4. The van der Waals surface area contributed by atoms with Crippen LogP contribution in [0.5, 0.6) is 0 Å². The lowest BCUT2D eigenvalue weighted by Crippen LogP contribution is -1.94. The number of hydrogen-bond donors (Lipinski definition) is 0. The van der Waals surface area contributed by atoms with Crippen molar-refractivity contribution < 1.29 is 0 Å². The first-order valence-electron chi connectivity index (χ1n) is 28.6. The van der Waals surface area contributed by atoms with Gasteiger partial charge in [-0.2, -0.15) is 0 Å². The summed E-state index contributed by atoms with van der Waals surface area (Å²) in [6, 6.07) is 93.6. The molecule has 84 heavy (non-hydrogen) atoms. The molecule has 400 valence electrons. The van der Waals surface area contributed by atoms with E-state index < -0.39 is 0 Å². The molecule has 0 saturated heterocycles. The van der Waals surface area contributed by atoms with Crippen LogP contribution in [-0.4, -0.2) is 29.1 Å². The van der Waals surface area contributed by atoms with Gasteiger partial charge in [-0.3, -0.25) is 19.9 Å². The molecule has 7 heterocycles. The topological polar surface area (TPSA) is 61.4 Å². The summed E-state index contributed by atoms with van der Waals surface area (Å²) in [5.41, 5.74) is 21.1. The molecule has 0 N–H and O–H groups in total. The number of fused-ring (bicyclic) bond motifs is 9. The van der Waals surface area contributed by atoms with E-state index in [1.807, 2.05) is 87.1 Å². The van der Waals surface area contributed by atoms with E-state index in [9.17, 15) is 0 Å². The van der Waals surface area contributed by atoms with Crippen LogP contribution < -0.4 is 0 Å². The van der Waals surface area contributed by atoms with Gasteiger partial charge in [0.15, 0.2) is 0 Å². The summed E-state index contributed by atoms with van der Waals surface area (Å²) in [7, 11) is 0. The summed E-state index contributed by atoms with van der Waals surface area (Å²) in [4.78, 5) is 18.2. The van der Waals surface area contributed by atoms with Crippen LogP contribution in [0, 0.1) is 6.92 Å². The van der Waals surface area contributed by atoms with Gasteiger partial charge in [0.05, 0.1) is 39.1 Å². The fourth-order valence-electron chi connectivity index (χ4n) is 12.0. The summed E-state index contributed by atoms with van der Waals surface area (Å²) in [5.74, 6) is 0. The highest BCUT2D eigenvalue weighted by atomic mass is 32.1. The van der Waals surface area contributed by atoms with Crippen LogP contribution in [-0.2, 0) is 0 Å². The fraction of sp³-hybridized carbons (Fsp3) is 0.0390. The standard InChI is InChI=1S/C69H43N5S.C6H7N.C2H6/c1-4-18-52(61-22-9-12-36-70-61)49(15-1)44-26-31-65-56(39-44)55-21-7-8-25-64(55)73(65)47-29-34-68-59(42-47)60-43-48(30-35-69(60)75-68)74-66-32-27-45(50-16-2-5-19-53(50)62-23-10-13-37-71-62)40-57(66)58-41-46(28-33-67(58)74)51-17-3-6-20-54(51)63-24-11-14-38-72-63;1-6-4-2-3-5-7-6;1-2/h1-43H;2-5H,1H3;1-2H3. The molecule has 7 aromatic heterocycles. The average molecular weight is 1100 g/mol. The molecule has 0 unspecified atom stereocenters. The first kappa shape index (κ1) is 51.5. The van der Waals surface area contributed by atoms with Gasteiger partial charge in [-0.1, -0.05) is 147 Å². The van der Waals surface area contributed by atoms with Crippen molar-refractivity contribution in [1.82, 2.24) is 29.1 Å². The van der Waals surface area contributed by atoms with Gasteiger partial charge in [-0.15, -0.1) is 11.3 Å². The molecular weight excluding hydrogens is 1040 g/mol. The lowest BCUT2D eigenvalue weighted by Gasteiger charge is -2.12. The Morgan fingerprint density at radius 1 is 0.274 bits per heavy atom. The number of aromatic nitrogens is 6. The minimum absolute atomic E-state index is 0.953. The van der Waals surface area contributed by atoms with Gasteiger partial charge in [0.25, 0.3) is 0 Å². The first-order valence-corrected chi connectivity index (χ1v) is 29.4. The Balaban J connectivity index is 0.000000646. The Kier molecular flexibility index (Phi) is 13.7. The number of aryl methyl sites for hydroxylation is 1. The van der Waals surface area contributed by atoms with Gasteiger partial charge in [-0.25, -0.2) is 0 Å². The van der Waals surface area contributed by atoms with Crippen molar-refractivity contribution in [2.75, 3.05) is 0 Å². The maximum atomic E-state index is 4.77. The highest BCUT2D eigenvalue weighted by molar-refractivity contribution is 7.25. The maximum absolute atomic E-state index is 4.77. The lowest BCUT2D eigenvalue weighted by molar-refractivity contribution is 1.18. The maximum Gasteiger partial charge on any atom is 0.0708 e. The third-order valence-electron chi connectivity index (χ3n) is 15.7. The van der Waals surface area contributed by atoms with Gasteiger partial charge in [-0.05, 0) is 168 Å². The minimum Gasteiger partial charge on any atom is -0.309 e. The number of rotatable bonds is 8. The van der Waals surface area contributed by atoms with Crippen LogP contribution in [0.3, 0.4) is 0 Å². The second-order valence-corrected chi connectivity index (χ2v) is 21.7. The van der Waals surface area contributed by atoms with Crippen molar-refractivity contribution in [1.29, 1.82) is 0 Å². The SMILES string of the molecule is CC.Cc1ccccn1.c1ccc(-c2ccccc2-c2ccc3c(c2)c2ccccc2n3-c2ccc3sc4ccc(-n5c6ccc(-c7ccccc7-c7ccccn7)cc6c6cc(-c7ccccc7-c7ccccn7)ccc65)cc4c3c2)nc1. The Bertz CT molecular complexity index is 4910. The molecule has 0 aliphatic heterocycles. The van der Waals surface area contributed by atoms with Gasteiger partial charge >= 0.3 is 0 Å². The molecule has 0 saturated carbocycles. The highest BCUT2D eigenvalue weighted by Gasteiger charge is 2.20. The molecular formula is C77H56N6S. The van der Waals surface area contributed by atoms with E-state index in [1.165, 1.54) is 58.3 Å². The molecule has 16 aromatic rings. The predicted molar refractivity (Wildman–Crippen MR) is 354 cm³/mol. The molecule has 6 nitrogen and oxygen atoms in total. The first-order chi connectivity index (χ1) is 41.6. The van der Waals surface area contributed by atoms with Crippen molar-refractivity contribution in [2.24, 2.45) is 0 Å². The van der Waals surface area contributed by atoms with Crippen LogP contribution in [0.1, 0.15) is 19.5 Å². The quantitative estimate of drug-likeness (QED) is 0.152. The molecule has 0 bridgehead atoms. The second kappa shape index (κ2) is 22.4. The molecule has 0 amide bonds. The summed E-state index contributed by atoms with van der Waals surface area (Å²) in [6.45, 7) is 5.97. The Hall–Kier alpha value is -10.6. The number of thiophene rings is 1. The Morgan fingerprint density at radius 2 is 0.619 bits per heavy atom. The highest BCUT2D eigenvalue weighted by Crippen LogP contribution is 2.44. The van der Waals surface area contributed by atoms with Crippen LogP contribution in [0.2, 0.25) is 0 Å². The van der Waals surface area contributed by atoms with Crippen LogP contribution in [0.25, 0.3) is 142 Å². The zero-order valence-corrected chi connectivity index (χ0v) is 47.5. The number of para-hydroxylation sites is 1. The second-order valence-electron chi connectivity index (χ2n) is 20.6. The number of benzene rings is 9. The van der Waals surface area contributed by atoms with Crippen molar-refractivity contribution in [3.63, 3.8) is 0 Å². The zero-order chi connectivity index (χ0) is 56.5. The minimum atomic E-state index is 0.953. The summed E-state index contributed by atoms with van der Waals surface area (Å²) < 4.78 is 7.41. The van der Waals surface area contributed by atoms with E-state index in [0.29, 0.717) is 0 Å². The van der Waals surface area contributed by atoms with E-state index in [1.54, 1.807) is 6.20 Å². The lowest BCUT2D eigenvalue weighted by atomic mass is 9.94. The largest absolute Gasteiger partial charge is 0.309 e. The molecule has 0 radical (unpaired) electrons. The van der Waals surface area contributed by atoms with Gasteiger partial charge in [0.2, 0.25) is 0 Å². The smallest absolute Gasteiger partial charge is 0.0708 e. The van der Waals surface area contributed by atoms with E-state index in [0.717, 1.165) is 89.7 Å². The molecule has 9 aromatic carbocycles. The van der Waals surface area contributed by atoms with Crippen LogP contribution >= 0.6 is 11.3 Å². The average Bonchev–Trinajstić information content (AvgIpc) is 4.38. The van der Waals surface area contributed by atoms with Gasteiger partial charge in [0.1, 0.15) is 0 Å². The monoisotopic (exact) mass is 1100 g/mol. The van der Waals surface area contributed by atoms with E-state index in [2.05, 4.69) is 239 Å². The van der Waals surface area contributed by atoms with Crippen molar-refractivity contribution >= 4 is 75.1 Å². The van der Waals surface area contributed by atoms with Crippen molar-refractivity contribution in [2.45, 2.75) is 20.8 Å². The molecule has 0 aliphatic rings.